The maximum absolute atomic E-state index is 12.7. The van der Waals surface area contributed by atoms with Crippen molar-refractivity contribution in [2.45, 2.75) is 6.92 Å². The number of amides is 2. The highest BCUT2D eigenvalue weighted by atomic mass is 79.9. The predicted molar refractivity (Wildman–Crippen MR) is 110 cm³/mol. The SMILES string of the molecule is C/C(=N\NC(=O)CN1C(=O)c2cccc3cccc1c23)c1ccc(Br)cc1. The van der Waals surface area contributed by atoms with Gasteiger partial charge in [0.05, 0.1) is 11.4 Å². The van der Waals surface area contributed by atoms with Crippen LogP contribution in [-0.4, -0.2) is 24.1 Å². The van der Waals surface area contributed by atoms with E-state index in [-0.39, 0.29) is 18.4 Å². The molecule has 1 N–H and O–H groups in total. The Labute approximate surface area is 164 Å². The molecule has 0 saturated carbocycles. The number of hydrazone groups is 1. The van der Waals surface area contributed by atoms with Gasteiger partial charge in [0.25, 0.3) is 11.8 Å². The quantitative estimate of drug-likeness (QED) is 0.508. The minimum Gasteiger partial charge on any atom is -0.298 e. The Kier molecular flexibility index (Phi) is 4.49. The highest BCUT2D eigenvalue weighted by Crippen LogP contribution is 2.36. The van der Waals surface area contributed by atoms with Gasteiger partial charge in [0.15, 0.2) is 0 Å². The molecule has 2 amide bonds. The maximum Gasteiger partial charge on any atom is 0.260 e. The van der Waals surface area contributed by atoms with Gasteiger partial charge in [0, 0.05) is 15.4 Å². The van der Waals surface area contributed by atoms with E-state index in [4.69, 9.17) is 0 Å². The molecule has 0 fully saturated rings. The van der Waals surface area contributed by atoms with Crippen molar-refractivity contribution in [3.05, 3.63) is 76.3 Å². The minimum absolute atomic E-state index is 0.0796. The number of nitrogens with one attached hydrogen (secondary N) is 1. The van der Waals surface area contributed by atoms with Gasteiger partial charge in [-0.15, -0.1) is 0 Å². The molecule has 1 heterocycles. The predicted octanol–water partition coefficient (Wildman–Crippen LogP) is 4.10. The van der Waals surface area contributed by atoms with Crippen LogP contribution in [0.3, 0.4) is 0 Å². The number of nitrogens with zero attached hydrogens (tertiary/aromatic N) is 2. The van der Waals surface area contributed by atoms with Gasteiger partial charge in [-0.05, 0) is 42.1 Å². The molecule has 5 nitrogen and oxygen atoms in total. The van der Waals surface area contributed by atoms with E-state index in [1.807, 2.05) is 61.5 Å². The van der Waals surface area contributed by atoms with Crippen molar-refractivity contribution in [2.75, 3.05) is 11.4 Å². The Morgan fingerprint density at radius 2 is 1.78 bits per heavy atom. The number of rotatable bonds is 4. The van der Waals surface area contributed by atoms with Crippen LogP contribution in [0.25, 0.3) is 10.8 Å². The third-order valence-corrected chi connectivity index (χ3v) is 5.09. The number of halogens is 1. The van der Waals surface area contributed by atoms with Gasteiger partial charge in [-0.1, -0.05) is 52.3 Å². The van der Waals surface area contributed by atoms with E-state index in [0.29, 0.717) is 11.3 Å². The van der Waals surface area contributed by atoms with E-state index in [1.54, 1.807) is 6.07 Å². The Bertz CT molecular complexity index is 1090. The van der Waals surface area contributed by atoms with Gasteiger partial charge in [-0.25, -0.2) is 5.43 Å². The number of carbonyl (C=O) groups excluding carboxylic acids is 2. The largest absolute Gasteiger partial charge is 0.298 e. The highest BCUT2D eigenvalue weighted by Gasteiger charge is 2.30. The summed E-state index contributed by atoms with van der Waals surface area (Å²) in [5.41, 5.74) is 5.54. The fourth-order valence-corrected chi connectivity index (χ4v) is 3.48. The van der Waals surface area contributed by atoms with Crippen molar-refractivity contribution in [3.63, 3.8) is 0 Å². The highest BCUT2D eigenvalue weighted by molar-refractivity contribution is 9.10. The summed E-state index contributed by atoms with van der Waals surface area (Å²) in [6.45, 7) is 1.74. The first kappa shape index (κ1) is 17.4. The molecule has 27 heavy (non-hydrogen) atoms. The first-order chi connectivity index (χ1) is 13.0. The Morgan fingerprint density at radius 1 is 1.07 bits per heavy atom. The molecule has 0 spiro atoms. The van der Waals surface area contributed by atoms with Gasteiger partial charge in [0.2, 0.25) is 0 Å². The van der Waals surface area contributed by atoms with Crippen LogP contribution in [0, 0.1) is 0 Å². The first-order valence-corrected chi connectivity index (χ1v) is 9.26. The molecule has 1 aliphatic heterocycles. The summed E-state index contributed by atoms with van der Waals surface area (Å²) < 4.78 is 0.976. The summed E-state index contributed by atoms with van der Waals surface area (Å²) in [4.78, 5) is 26.6. The Hall–Kier alpha value is -2.99. The summed E-state index contributed by atoms with van der Waals surface area (Å²) in [5.74, 6) is -0.504. The van der Waals surface area contributed by atoms with Crippen LogP contribution >= 0.6 is 15.9 Å². The van der Waals surface area contributed by atoms with Crippen LogP contribution in [0.2, 0.25) is 0 Å². The van der Waals surface area contributed by atoms with Gasteiger partial charge in [-0.2, -0.15) is 5.10 Å². The molecule has 0 atom stereocenters. The monoisotopic (exact) mass is 421 g/mol. The molecule has 1 aliphatic rings. The van der Waals surface area contributed by atoms with E-state index in [2.05, 4.69) is 26.5 Å². The average Bonchev–Trinajstić information content (AvgIpc) is 2.95. The van der Waals surface area contributed by atoms with E-state index in [1.165, 1.54) is 4.90 Å². The summed E-state index contributed by atoms with van der Waals surface area (Å²) >= 11 is 3.39. The van der Waals surface area contributed by atoms with Crippen LogP contribution in [0.4, 0.5) is 5.69 Å². The summed E-state index contributed by atoms with van der Waals surface area (Å²) in [6, 6.07) is 19.0. The van der Waals surface area contributed by atoms with Gasteiger partial charge in [0.1, 0.15) is 6.54 Å². The minimum atomic E-state index is -0.343. The molecule has 3 aromatic carbocycles. The van der Waals surface area contributed by atoms with Crippen LogP contribution < -0.4 is 10.3 Å². The lowest BCUT2D eigenvalue weighted by Crippen LogP contribution is -2.37. The van der Waals surface area contributed by atoms with Crippen LogP contribution in [0.5, 0.6) is 0 Å². The zero-order chi connectivity index (χ0) is 19.0. The zero-order valence-electron chi connectivity index (χ0n) is 14.6. The molecule has 0 aromatic heterocycles. The second-order valence-corrected chi connectivity index (χ2v) is 7.23. The molecule has 0 saturated heterocycles. The van der Waals surface area contributed by atoms with Crippen LogP contribution in [0.1, 0.15) is 22.8 Å². The fourth-order valence-electron chi connectivity index (χ4n) is 3.22. The zero-order valence-corrected chi connectivity index (χ0v) is 16.2. The second kappa shape index (κ2) is 6.96. The summed E-state index contributed by atoms with van der Waals surface area (Å²) in [5, 5.41) is 6.04. The van der Waals surface area contributed by atoms with Crippen LogP contribution in [0.15, 0.2) is 70.2 Å². The van der Waals surface area contributed by atoms with E-state index < -0.39 is 0 Å². The van der Waals surface area contributed by atoms with Crippen molar-refractivity contribution >= 4 is 49.9 Å². The van der Waals surface area contributed by atoms with Crippen molar-refractivity contribution in [1.82, 2.24) is 5.43 Å². The van der Waals surface area contributed by atoms with Gasteiger partial charge in [-0.3, -0.25) is 14.5 Å². The number of hydrogen-bond acceptors (Lipinski definition) is 3. The molecule has 0 unspecified atom stereocenters. The lowest BCUT2D eigenvalue weighted by Gasteiger charge is -2.16. The lowest BCUT2D eigenvalue weighted by molar-refractivity contribution is -0.119. The summed E-state index contributed by atoms with van der Waals surface area (Å²) in [7, 11) is 0. The lowest BCUT2D eigenvalue weighted by atomic mass is 10.1. The number of carbonyl (C=O) groups is 2. The number of anilines is 1. The number of hydrogen-bond donors (Lipinski definition) is 1. The molecular formula is C21H16BrN3O2. The summed E-state index contributed by atoms with van der Waals surface area (Å²) in [6.07, 6.45) is 0. The molecule has 0 radical (unpaired) electrons. The molecular weight excluding hydrogens is 406 g/mol. The third kappa shape index (κ3) is 3.24. The van der Waals surface area contributed by atoms with E-state index >= 15 is 0 Å². The fraction of sp³-hybridized carbons (Fsp3) is 0.0952. The van der Waals surface area contributed by atoms with Gasteiger partial charge < -0.3 is 0 Å². The van der Waals surface area contributed by atoms with Crippen LogP contribution in [-0.2, 0) is 4.79 Å². The normalized spacial score (nSPS) is 13.3. The van der Waals surface area contributed by atoms with E-state index in [9.17, 15) is 9.59 Å². The van der Waals surface area contributed by atoms with Crippen molar-refractivity contribution in [1.29, 1.82) is 0 Å². The second-order valence-electron chi connectivity index (χ2n) is 6.31. The number of benzene rings is 3. The molecule has 4 rings (SSSR count). The molecule has 0 aliphatic carbocycles. The molecule has 3 aromatic rings. The van der Waals surface area contributed by atoms with Crippen molar-refractivity contribution in [3.8, 4) is 0 Å². The Balaban J connectivity index is 1.51. The maximum atomic E-state index is 12.7. The van der Waals surface area contributed by atoms with Crippen molar-refractivity contribution < 1.29 is 9.59 Å². The Morgan fingerprint density at radius 3 is 2.52 bits per heavy atom. The topological polar surface area (TPSA) is 61.8 Å². The third-order valence-electron chi connectivity index (χ3n) is 4.56. The molecule has 6 heteroatoms. The smallest absolute Gasteiger partial charge is 0.260 e. The molecule has 134 valence electrons. The van der Waals surface area contributed by atoms with Crippen molar-refractivity contribution in [2.24, 2.45) is 5.10 Å². The average molecular weight is 422 g/mol. The van der Waals surface area contributed by atoms with E-state index in [0.717, 1.165) is 26.5 Å². The first-order valence-electron chi connectivity index (χ1n) is 8.47. The molecule has 0 bridgehead atoms. The van der Waals surface area contributed by atoms with Gasteiger partial charge >= 0.3 is 0 Å². The standard InChI is InChI=1S/C21H16BrN3O2/c1-13(14-8-10-16(22)11-9-14)23-24-19(26)12-25-18-7-3-5-15-4-2-6-17(20(15)18)21(25)27/h2-11H,12H2,1H3,(H,24,26)/b23-13+.